The zero-order valence-electron chi connectivity index (χ0n) is 8.04. The molecule has 1 unspecified atom stereocenters. The van der Waals surface area contributed by atoms with Gasteiger partial charge in [-0.15, -0.1) is 5.10 Å². The van der Waals surface area contributed by atoms with Gasteiger partial charge in [0.2, 0.25) is 0 Å². The minimum Gasteiger partial charge on any atom is -0.392 e. The molecule has 0 saturated carbocycles. The van der Waals surface area contributed by atoms with E-state index in [4.69, 9.17) is 10.1 Å². The van der Waals surface area contributed by atoms with Crippen LogP contribution in [0, 0.1) is 0 Å². The van der Waals surface area contributed by atoms with Crippen molar-refractivity contribution in [2.24, 2.45) is 5.16 Å². The number of hydrogen-bond donors (Lipinski definition) is 2. The molecule has 7 nitrogen and oxygen atoms in total. The van der Waals surface area contributed by atoms with Gasteiger partial charge in [-0.3, -0.25) is 0 Å². The Hall–Kier alpha value is -1.89. The molecule has 2 heterocycles. The highest BCUT2D eigenvalue weighted by molar-refractivity contribution is 6.00. The van der Waals surface area contributed by atoms with Crippen LogP contribution in [0.4, 0.5) is 0 Å². The Bertz CT molecular complexity index is 382. The van der Waals surface area contributed by atoms with Crippen molar-refractivity contribution in [1.82, 2.24) is 15.5 Å². The van der Waals surface area contributed by atoms with Gasteiger partial charge in [0.05, 0.1) is 17.8 Å². The smallest absolute Gasteiger partial charge is 0.285 e. The second-order valence-electron chi connectivity index (χ2n) is 3.12. The van der Waals surface area contributed by atoms with Gasteiger partial charge in [0, 0.05) is 0 Å². The minimum absolute atomic E-state index is 0.0125. The third-order valence-electron chi connectivity index (χ3n) is 1.89. The lowest BCUT2D eigenvalue weighted by Crippen LogP contribution is -2.40. The standard InChI is InChI=1S/C8H10N4O3/c1-5-4-14-12-7(10-5)6-2-3-9-11-8(6)15-13/h2-3,5,13H,4H2,1H3,(H,10,12). The SMILES string of the molecule is CC1CON=C(c2ccnnc2OO)N1. The third kappa shape index (κ3) is 1.96. The first-order valence-electron chi connectivity index (χ1n) is 4.41. The molecule has 1 aliphatic heterocycles. The summed E-state index contributed by atoms with van der Waals surface area (Å²) in [5.41, 5.74) is 0.499. The quantitative estimate of drug-likeness (QED) is 0.527. The second kappa shape index (κ2) is 4.09. The zero-order chi connectivity index (χ0) is 10.7. The van der Waals surface area contributed by atoms with Crippen LogP contribution in [-0.4, -0.2) is 33.9 Å². The highest BCUT2D eigenvalue weighted by atomic mass is 17.1. The number of oxime groups is 1. The monoisotopic (exact) mass is 210 g/mol. The summed E-state index contributed by atoms with van der Waals surface area (Å²) in [5, 5.41) is 22.6. The van der Waals surface area contributed by atoms with E-state index >= 15 is 0 Å². The van der Waals surface area contributed by atoms with Gasteiger partial charge >= 0.3 is 0 Å². The predicted molar refractivity (Wildman–Crippen MR) is 50.4 cm³/mol. The number of nitrogens with zero attached hydrogens (tertiary/aromatic N) is 3. The summed E-state index contributed by atoms with van der Waals surface area (Å²) in [4.78, 5) is 9.07. The molecule has 7 heteroatoms. The molecule has 0 radical (unpaired) electrons. The topological polar surface area (TPSA) is 88.9 Å². The van der Waals surface area contributed by atoms with Crippen LogP contribution in [0.15, 0.2) is 17.4 Å². The van der Waals surface area contributed by atoms with E-state index in [2.05, 4.69) is 25.6 Å². The lowest BCUT2D eigenvalue weighted by molar-refractivity contribution is -0.142. The Morgan fingerprint density at radius 3 is 3.27 bits per heavy atom. The maximum Gasteiger partial charge on any atom is 0.285 e. The molecular formula is C8H10N4O3. The molecule has 15 heavy (non-hydrogen) atoms. The number of hydrogen-bond acceptors (Lipinski definition) is 7. The van der Waals surface area contributed by atoms with Gasteiger partial charge in [-0.05, 0) is 13.0 Å². The lowest BCUT2D eigenvalue weighted by atomic mass is 10.2. The number of amidine groups is 1. The van der Waals surface area contributed by atoms with Crippen LogP contribution < -0.4 is 10.2 Å². The van der Waals surface area contributed by atoms with Gasteiger partial charge in [-0.2, -0.15) is 5.10 Å². The third-order valence-corrected chi connectivity index (χ3v) is 1.89. The Morgan fingerprint density at radius 1 is 1.67 bits per heavy atom. The average Bonchev–Trinajstić information content (AvgIpc) is 2.29. The van der Waals surface area contributed by atoms with Crippen LogP contribution in [0.25, 0.3) is 0 Å². The Balaban J connectivity index is 2.32. The molecule has 2 rings (SSSR count). The molecule has 0 spiro atoms. The highest BCUT2D eigenvalue weighted by Gasteiger charge is 2.19. The molecule has 80 valence electrons. The predicted octanol–water partition coefficient (Wildman–Crippen LogP) is -0.00170. The Labute approximate surface area is 85.6 Å². The van der Waals surface area contributed by atoms with E-state index in [1.54, 1.807) is 6.07 Å². The van der Waals surface area contributed by atoms with Gasteiger partial charge in [-0.1, -0.05) is 5.16 Å². The van der Waals surface area contributed by atoms with E-state index in [0.29, 0.717) is 18.0 Å². The molecule has 1 aromatic heterocycles. The van der Waals surface area contributed by atoms with Crippen LogP contribution in [-0.2, 0) is 4.84 Å². The van der Waals surface area contributed by atoms with Crippen molar-refractivity contribution in [3.8, 4) is 5.88 Å². The maximum absolute atomic E-state index is 8.59. The van der Waals surface area contributed by atoms with Gasteiger partial charge < -0.3 is 15.0 Å². The van der Waals surface area contributed by atoms with Crippen molar-refractivity contribution in [3.63, 3.8) is 0 Å². The summed E-state index contributed by atoms with van der Waals surface area (Å²) in [7, 11) is 0. The van der Waals surface area contributed by atoms with Crippen LogP contribution in [0.3, 0.4) is 0 Å². The van der Waals surface area contributed by atoms with Gasteiger partial charge in [0.1, 0.15) is 6.61 Å². The van der Waals surface area contributed by atoms with Crippen molar-refractivity contribution in [3.05, 3.63) is 17.8 Å². The molecule has 1 aromatic rings. The van der Waals surface area contributed by atoms with Crippen LogP contribution in [0.2, 0.25) is 0 Å². The molecule has 0 aromatic carbocycles. The zero-order valence-corrected chi connectivity index (χ0v) is 8.04. The first-order chi connectivity index (χ1) is 7.31. The van der Waals surface area contributed by atoms with E-state index in [-0.39, 0.29) is 11.9 Å². The first-order valence-corrected chi connectivity index (χ1v) is 4.41. The lowest BCUT2D eigenvalue weighted by Gasteiger charge is -2.20. The van der Waals surface area contributed by atoms with Gasteiger partial charge in [-0.25, -0.2) is 5.26 Å². The van der Waals surface area contributed by atoms with Crippen molar-refractivity contribution in [2.45, 2.75) is 13.0 Å². The van der Waals surface area contributed by atoms with E-state index in [1.807, 2.05) is 6.92 Å². The summed E-state index contributed by atoms with van der Waals surface area (Å²) < 4.78 is 0. The maximum atomic E-state index is 8.59. The van der Waals surface area contributed by atoms with Gasteiger partial charge in [0.25, 0.3) is 5.88 Å². The number of nitrogens with one attached hydrogen (secondary N) is 1. The summed E-state index contributed by atoms with van der Waals surface area (Å²) in [6.45, 7) is 2.44. The fourth-order valence-electron chi connectivity index (χ4n) is 1.21. The molecule has 0 amide bonds. The largest absolute Gasteiger partial charge is 0.392 e. The molecule has 1 aliphatic rings. The van der Waals surface area contributed by atoms with Crippen molar-refractivity contribution in [1.29, 1.82) is 0 Å². The van der Waals surface area contributed by atoms with Crippen LogP contribution in [0.1, 0.15) is 12.5 Å². The Kier molecular flexibility index (Phi) is 2.64. The Morgan fingerprint density at radius 2 is 2.53 bits per heavy atom. The molecule has 0 bridgehead atoms. The normalized spacial score (nSPS) is 19.9. The summed E-state index contributed by atoms with van der Waals surface area (Å²) in [5.74, 6) is 0.453. The second-order valence-corrected chi connectivity index (χ2v) is 3.12. The molecule has 0 saturated heterocycles. The molecule has 0 fully saturated rings. The highest BCUT2D eigenvalue weighted by Crippen LogP contribution is 2.14. The molecule has 0 aliphatic carbocycles. The van der Waals surface area contributed by atoms with E-state index in [0.717, 1.165) is 0 Å². The van der Waals surface area contributed by atoms with E-state index in [1.165, 1.54) is 6.20 Å². The fourth-order valence-corrected chi connectivity index (χ4v) is 1.21. The van der Waals surface area contributed by atoms with Crippen LogP contribution in [0.5, 0.6) is 5.88 Å². The first kappa shape index (κ1) is 9.66. The van der Waals surface area contributed by atoms with Crippen molar-refractivity contribution < 1.29 is 15.0 Å². The van der Waals surface area contributed by atoms with Crippen molar-refractivity contribution in [2.75, 3.05) is 6.61 Å². The summed E-state index contributed by atoms with van der Waals surface area (Å²) in [6, 6.07) is 1.75. The number of aromatic nitrogens is 2. The van der Waals surface area contributed by atoms with E-state index < -0.39 is 0 Å². The van der Waals surface area contributed by atoms with E-state index in [9.17, 15) is 0 Å². The minimum atomic E-state index is -0.0125. The molecular weight excluding hydrogens is 200 g/mol. The molecule has 1 atom stereocenters. The van der Waals surface area contributed by atoms with Crippen LogP contribution >= 0.6 is 0 Å². The molecule has 2 N–H and O–H groups in total. The number of rotatable bonds is 2. The fraction of sp³-hybridized carbons (Fsp3) is 0.375. The summed E-state index contributed by atoms with van der Waals surface area (Å²) >= 11 is 0. The van der Waals surface area contributed by atoms with Gasteiger partial charge in [0.15, 0.2) is 5.84 Å². The van der Waals surface area contributed by atoms with Crippen molar-refractivity contribution >= 4 is 5.84 Å². The summed E-state index contributed by atoms with van der Waals surface area (Å²) in [6.07, 6.45) is 1.47. The average molecular weight is 210 g/mol.